The second kappa shape index (κ2) is 6.48. The molecule has 7 heteroatoms. The molecule has 2 aromatic rings. The number of hydrogen-bond donors (Lipinski definition) is 2. The zero-order valence-corrected chi connectivity index (χ0v) is 12.9. The first kappa shape index (κ1) is 15.2. The third kappa shape index (κ3) is 3.66. The van der Waals surface area contributed by atoms with Crippen LogP contribution in [0, 0.1) is 0 Å². The number of aromatic amines is 1. The Bertz CT molecular complexity index is 590. The molecule has 4 nitrogen and oxygen atoms in total. The average molecular weight is 333 g/mol. The van der Waals surface area contributed by atoms with Crippen LogP contribution in [0.3, 0.4) is 0 Å². The number of nitrogens with zero attached hydrogens (tertiary/aromatic N) is 1. The van der Waals surface area contributed by atoms with E-state index in [1.165, 1.54) is 12.4 Å². The molecule has 0 spiro atoms. The van der Waals surface area contributed by atoms with Crippen molar-refractivity contribution in [1.82, 2.24) is 15.5 Å². The minimum Gasteiger partial charge on any atom is -0.349 e. The maximum absolute atomic E-state index is 11.9. The monoisotopic (exact) mass is 331 g/mol. The zero-order chi connectivity index (χ0) is 14.7. The summed E-state index contributed by atoms with van der Waals surface area (Å²) in [5.74, 6) is -0.201. The fourth-order valence-corrected chi connectivity index (χ4v) is 2.78. The molecular weight excluding hydrogens is 321 g/mol. The van der Waals surface area contributed by atoms with Crippen molar-refractivity contribution in [2.24, 2.45) is 0 Å². The van der Waals surface area contributed by atoms with Crippen LogP contribution in [-0.4, -0.2) is 22.1 Å². The highest BCUT2D eigenvalue weighted by atomic mass is 35.5. The summed E-state index contributed by atoms with van der Waals surface area (Å²) in [7, 11) is 0. The van der Waals surface area contributed by atoms with Crippen LogP contribution >= 0.6 is 34.8 Å². The van der Waals surface area contributed by atoms with Crippen molar-refractivity contribution in [3.05, 3.63) is 50.7 Å². The molecule has 0 radical (unpaired) electrons. The van der Waals surface area contributed by atoms with Gasteiger partial charge in [0.05, 0.1) is 11.8 Å². The molecule has 0 saturated carbocycles. The molecule has 0 saturated heterocycles. The first-order valence-corrected chi connectivity index (χ1v) is 7.04. The average Bonchev–Trinajstić information content (AvgIpc) is 2.87. The van der Waals surface area contributed by atoms with Crippen molar-refractivity contribution < 1.29 is 4.79 Å². The van der Waals surface area contributed by atoms with Gasteiger partial charge in [-0.1, -0.05) is 34.8 Å². The van der Waals surface area contributed by atoms with Crippen molar-refractivity contribution in [2.45, 2.75) is 19.4 Å². The predicted molar refractivity (Wildman–Crippen MR) is 80.7 cm³/mol. The van der Waals surface area contributed by atoms with Gasteiger partial charge in [0.15, 0.2) is 0 Å². The molecule has 0 bridgehead atoms. The molecule has 1 unspecified atom stereocenters. The number of halogens is 3. The van der Waals surface area contributed by atoms with E-state index in [0.29, 0.717) is 27.1 Å². The summed E-state index contributed by atoms with van der Waals surface area (Å²) < 4.78 is 0. The van der Waals surface area contributed by atoms with Crippen molar-refractivity contribution in [2.75, 3.05) is 0 Å². The van der Waals surface area contributed by atoms with Crippen LogP contribution in [0.1, 0.15) is 22.8 Å². The summed E-state index contributed by atoms with van der Waals surface area (Å²) in [6.45, 7) is 1.87. The lowest BCUT2D eigenvalue weighted by atomic mass is 10.1. The largest absolute Gasteiger partial charge is 0.349 e. The third-order valence-electron chi connectivity index (χ3n) is 2.75. The van der Waals surface area contributed by atoms with Gasteiger partial charge in [0, 0.05) is 27.3 Å². The van der Waals surface area contributed by atoms with Gasteiger partial charge in [-0.15, -0.1) is 0 Å². The maximum atomic E-state index is 11.9. The first-order valence-electron chi connectivity index (χ1n) is 5.90. The van der Waals surface area contributed by atoms with E-state index in [9.17, 15) is 4.79 Å². The predicted octanol–water partition coefficient (Wildman–Crippen LogP) is 3.73. The molecule has 1 heterocycles. The maximum Gasteiger partial charge on any atom is 0.254 e. The fourth-order valence-electron chi connectivity index (χ4n) is 1.81. The Morgan fingerprint density at radius 1 is 1.35 bits per heavy atom. The minimum absolute atomic E-state index is 0.131. The molecule has 20 heavy (non-hydrogen) atoms. The van der Waals surface area contributed by atoms with E-state index in [2.05, 4.69) is 15.5 Å². The molecule has 0 fully saturated rings. The van der Waals surface area contributed by atoms with Crippen LogP contribution < -0.4 is 5.32 Å². The van der Waals surface area contributed by atoms with E-state index in [4.69, 9.17) is 34.8 Å². The van der Waals surface area contributed by atoms with Crippen molar-refractivity contribution >= 4 is 40.7 Å². The standard InChI is InChI=1S/C13H12Cl3N3O/c1-7(19-13(20)8-5-17-18-6-8)2-10-11(15)3-9(14)4-12(10)16/h3-7H,2H2,1H3,(H,17,18)(H,19,20). The Morgan fingerprint density at radius 3 is 2.55 bits per heavy atom. The van der Waals surface area contributed by atoms with E-state index >= 15 is 0 Å². The second-order valence-corrected chi connectivity index (χ2v) is 5.66. The molecule has 0 aliphatic rings. The highest BCUT2D eigenvalue weighted by molar-refractivity contribution is 6.39. The summed E-state index contributed by atoms with van der Waals surface area (Å²) in [5, 5.41) is 10.6. The number of H-pyrrole nitrogens is 1. The Hall–Kier alpha value is -1.23. The van der Waals surface area contributed by atoms with Gasteiger partial charge in [-0.2, -0.15) is 5.10 Å². The number of nitrogens with one attached hydrogen (secondary N) is 2. The lowest BCUT2D eigenvalue weighted by Gasteiger charge is -2.15. The summed E-state index contributed by atoms with van der Waals surface area (Å²) >= 11 is 18.1. The van der Waals surface area contributed by atoms with Crippen LogP contribution in [0.4, 0.5) is 0 Å². The molecule has 1 aromatic carbocycles. The third-order valence-corrected chi connectivity index (χ3v) is 3.65. The van der Waals surface area contributed by atoms with Crippen molar-refractivity contribution in [3.63, 3.8) is 0 Å². The van der Waals surface area contributed by atoms with E-state index in [1.54, 1.807) is 12.1 Å². The number of aromatic nitrogens is 2. The quantitative estimate of drug-likeness (QED) is 0.896. The minimum atomic E-state index is -0.201. The fraction of sp³-hybridized carbons (Fsp3) is 0.231. The lowest BCUT2D eigenvalue weighted by molar-refractivity contribution is 0.0940. The van der Waals surface area contributed by atoms with Gasteiger partial charge in [-0.3, -0.25) is 9.89 Å². The number of carbonyl (C=O) groups is 1. The molecule has 106 valence electrons. The smallest absolute Gasteiger partial charge is 0.254 e. The summed E-state index contributed by atoms with van der Waals surface area (Å²) in [6.07, 6.45) is 3.51. The number of benzene rings is 1. The molecule has 1 aromatic heterocycles. The molecular formula is C13H12Cl3N3O. The Balaban J connectivity index is 2.05. The van der Waals surface area contributed by atoms with Crippen molar-refractivity contribution in [3.8, 4) is 0 Å². The molecule has 2 N–H and O–H groups in total. The molecule has 0 aliphatic carbocycles. The SMILES string of the molecule is CC(Cc1c(Cl)cc(Cl)cc1Cl)NC(=O)c1cn[nH]c1. The van der Waals surface area contributed by atoms with Crippen LogP contribution in [0.15, 0.2) is 24.5 Å². The summed E-state index contributed by atoms with van der Waals surface area (Å²) in [6, 6.07) is 3.14. The number of carbonyl (C=O) groups excluding carboxylic acids is 1. The van der Waals surface area contributed by atoms with Crippen LogP contribution in [0.25, 0.3) is 0 Å². The van der Waals surface area contributed by atoms with E-state index in [0.717, 1.165) is 5.56 Å². The van der Waals surface area contributed by atoms with Crippen LogP contribution in [0.5, 0.6) is 0 Å². The zero-order valence-electron chi connectivity index (χ0n) is 10.6. The summed E-state index contributed by atoms with van der Waals surface area (Å²) in [4.78, 5) is 11.9. The van der Waals surface area contributed by atoms with E-state index < -0.39 is 0 Å². The lowest BCUT2D eigenvalue weighted by Crippen LogP contribution is -2.34. The number of amides is 1. The highest BCUT2D eigenvalue weighted by Crippen LogP contribution is 2.29. The van der Waals surface area contributed by atoms with Gasteiger partial charge in [-0.25, -0.2) is 0 Å². The Morgan fingerprint density at radius 2 is 2.00 bits per heavy atom. The van der Waals surface area contributed by atoms with E-state index in [-0.39, 0.29) is 11.9 Å². The van der Waals surface area contributed by atoms with Gasteiger partial charge < -0.3 is 5.32 Å². The van der Waals surface area contributed by atoms with Gasteiger partial charge in [-0.05, 0) is 31.0 Å². The van der Waals surface area contributed by atoms with Gasteiger partial charge in [0.1, 0.15) is 0 Å². The topological polar surface area (TPSA) is 57.8 Å². The summed E-state index contributed by atoms with van der Waals surface area (Å²) in [5.41, 5.74) is 1.24. The van der Waals surface area contributed by atoms with Crippen molar-refractivity contribution in [1.29, 1.82) is 0 Å². The van der Waals surface area contributed by atoms with E-state index in [1.807, 2.05) is 6.92 Å². The second-order valence-electron chi connectivity index (χ2n) is 4.41. The Labute approximate surface area is 131 Å². The first-order chi connectivity index (χ1) is 9.47. The van der Waals surface area contributed by atoms with Gasteiger partial charge in [0.2, 0.25) is 0 Å². The molecule has 1 amide bonds. The molecule has 0 aliphatic heterocycles. The number of rotatable bonds is 4. The molecule has 2 rings (SSSR count). The van der Waals surface area contributed by atoms with Gasteiger partial charge >= 0.3 is 0 Å². The van der Waals surface area contributed by atoms with Crippen LogP contribution in [0.2, 0.25) is 15.1 Å². The normalized spacial score (nSPS) is 12.2. The highest BCUT2D eigenvalue weighted by Gasteiger charge is 2.15. The Kier molecular flexibility index (Phi) is 4.91. The van der Waals surface area contributed by atoms with Crippen LogP contribution in [-0.2, 0) is 6.42 Å². The molecule has 1 atom stereocenters. The number of hydrogen-bond acceptors (Lipinski definition) is 2. The van der Waals surface area contributed by atoms with Gasteiger partial charge in [0.25, 0.3) is 5.91 Å².